The lowest BCUT2D eigenvalue weighted by Crippen LogP contribution is -2.13. The van der Waals surface area contributed by atoms with Gasteiger partial charge in [-0.25, -0.2) is 0 Å². The smallest absolute Gasteiger partial charge is 0.259 e. The molecule has 0 unspecified atom stereocenters. The number of methoxy groups -OCH3 is 2. The monoisotopic (exact) mass is 528 g/mol. The summed E-state index contributed by atoms with van der Waals surface area (Å²) in [7, 11) is 3.08. The molecule has 0 radical (unpaired) electrons. The van der Waals surface area contributed by atoms with Crippen molar-refractivity contribution in [3.8, 4) is 33.8 Å². The van der Waals surface area contributed by atoms with E-state index in [4.69, 9.17) is 9.47 Å². The minimum absolute atomic E-state index is 0.190. The SMILES string of the molecule is COc1ccc(C(=O)Nc2cccc(-c3cccc(NC(=O)c4ccccc4)c3-c3ccccc3)c2)c(OC)c1. The summed E-state index contributed by atoms with van der Waals surface area (Å²) in [4.78, 5) is 26.2. The second kappa shape index (κ2) is 12.0. The number of carbonyl (C=O) groups excluding carboxylic acids is 2. The van der Waals surface area contributed by atoms with Crippen LogP contribution in [-0.2, 0) is 0 Å². The number of hydrogen-bond donors (Lipinski definition) is 2. The van der Waals surface area contributed by atoms with E-state index >= 15 is 0 Å². The van der Waals surface area contributed by atoms with Crippen molar-refractivity contribution in [2.75, 3.05) is 24.9 Å². The predicted molar refractivity (Wildman–Crippen MR) is 159 cm³/mol. The second-order valence-corrected chi connectivity index (χ2v) is 9.02. The summed E-state index contributed by atoms with van der Waals surface area (Å²) in [6, 6.07) is 37.5. The lowest BCUT2D eigenvalue weighted by molar-refractivity contribution is 0.101. The van der Waals surface area contributed by atoms with Gasteiger partial charge in [-0.05, 0) is 59.2 Å². The van der Waals surface area contributed by atoms with Crippen molar-refractivity contribution in [2.24, 2.45) is 0 Å². The quantitative estimate of drug-likeness (QED) is 0.218. The van der Waals surface area contributed by atoms with E-state index in [9.17, 15) is 9.59 Å². The molecule has 0 heterocycles. The molecule has 5 aromatic carbocycles. The first-order valence-electron chi connectivity index (χ1n) is 12.8. The number of nitrogens with one attached hydrogen (secondary N) is 2. The average Bonchev–Trinajstić information content (AvgIpc) is 3.01. The largest absolute Gasteiger partial charge is 0.497 e. The Morgan fingerprint density at radius 2 is 1.30 bits per heavy atom. The van der Waals surface area contributed by atoms with Gasteiger partial charge < -0.3 is 20.1 Å². The summed E-state index contributed by atoms with van der Waals surface area (Å²) in [6.07, 6.45) is 0. The summed E-state index contributed by atoms with van der Waals surface area (Å²) in [5.74, 6) is 0.525. The minimum Gasteiger partial charge on any atom is -0.497 e. The van der Waals surface area contributed by atoms with E-state index in [1.54, 1.807) is 37.4 Å². The van der Waals surface area contributed by atoms with E-state index < -0.39 is 0 Å². The first kappa shape index (κ1) is 26.3. The highest BCUT2D eigenvalue weighted by molar-refractivity contribution is 6.09. The highest BCUT2D eigenvalue weighted by Gasteiger charge is 2.17. The van der Waals surface area contributed by atoms with Gasteiger partial charge in [-0.1, -0.05) is 72.8 Å². The standard InChI is InChI=1S/C34H28N2O4/c1-39-27-19-20-29(31(22-27)40-2)34(38)35-26-16-9-15-25(21-26)28-17-10-18-30(32(28)23-11-5-3-6-12-23)36-33(37)24-13-7-4-8-14-24/h3-22H,1-2H3,(H,35,38)(H,36,37). The van der Waals surface area contributed by atoms with Crippen molar-refractivity contribution in [3.05, 3.63) is 132 Å². The zero-order chi connectivity index (χ0) is 27.9. The van der Waals surface area contributed by atoms with Gasteiger partial charge in [0.1, 0.15) is 11.5 Å². The van der Waals surface area contributed by atoms with Crippen molar-refractivity contribution < 1.29 is 19.1 Å². The lowest BCUT2D eigenvalue weighted by Gasteiger charge is -2.17. The molecule has 0 aliphatic rings. The summed E-state index contributed by atoms with van der Waals surface area (Å²) in [5, 5.41) is 6.07. The van der Waals surface area contributed by atoms with Gasteiger partial charge in [0.05, 0.1) is 19.8 Å². The molecule has 2 amide bonds. The Labute approximate surface area is 233 Å². The topological polar surface area (TPSA) is 76.7 Å². The Kier molecular flexibility index (Phi) is 7.88. The highest BCUT2D eigenvalue weighted by Crippen LogP contribution is 2.39. The van der Waals surface area contributed by atoms with Crippen molar-refractivity contribution in [1.29, 1.82) is 0 Å². The molecule has 5 rings (SSSR count). The van der Waals surface area contributed by atoms with Crippen LogP contribution in [0.3, 0.4) is 0 Å². The second-order valence-electron chi connectivity index (χ2n) is 9.02. The van der Waals surface area contributed by atoms with E-state index in [1.165, 1.54) is 7.11 Å². The van der Waals surface area contributed by atoms with Crippen molar-refractivity contribution in [1.82, 2.24) is 0 Å². The number of carbonyl (C=O) groups is 2. The Morgan fingerprint density at radius 1 is 0.600 bits per heavy atom. The normalized spacial score (nSPS) is 10.4. The van der Waals surface area contributed by atoms with Crippen LogP contribution in [0.2, 0.25) is 0 Å². The van der Waals surface area contributed by atoms with Gasteiger partial charge in [-0.3, -0.25) is 9.59 Å². The minimum atomic E-state index is -0.302. The van der Waals surface area contributed by atoms with Crippen LogP contribution < -0.4 is 20.1 Å². The van der Waals surface area contributed by atoms with Crippen molar-refractivity contribution >= 4 is 23.2 Å². The zero-order valence-corrected chi connectivity index (χ0v) is 22.2. The lowest BCUT2D eigenvalue weighted by atomic mass is 9.92. The molecule has 0 atom stereocenters. The van der Waals surface area contributed by atoms with Gasteiger partial charge in [0, 0.05) is 28.6 Å². The predicted octanol–water partition coefficient (Wildman–Crippen LogP) is 7.54. The van der Waals surface area contributed by atoms with Gasteiger partial charge in [0.2, 0.25) is 0 Å². The molecular formula is C34H28N2O4. The van der Waals surface area contributed by atoms with Crippen LogP contribution in [0.5, 0.6) is 11.5 Å². The van der Waals surface area contributed by atoms with Crippen LogP contribution in [0.25, 0.3) is 22.3 Å². The number of anilines is 2. The number of hydrogen-bond acceptors (Lipinski definition) is 4. The maximum absolute atomic E-state index is 13.2. The molecule has 40 heavy (non-hydrogen) atoms. The highest BCUT2D eigenvalue weighted by atomic mass is 16.5. The summed E-state index contributed by atoms with van der Waals surface area (Å²) >= 11 is 0. The van der Waals surface area contributed by atoms with Crippen LogP contribution in [0.1, 0.15) is 20.7 Å². The summed E-state index contributed by atoms with van der Waals surface area (Å²) < 4.78 is 10.6. The van der Waals surface area contributed by atoms with Gasteiger partial charge in [0.25, 0.3) is 11.8 Å². The van der Waals surface area contributed by atoms with Crippen molar-refractivity contribution in [2.45, 2.75) is 0 Å². The fraction of sp³-hybridized carbons (Fsp3) is 0.0588. The molecule has 0 spiro atoms. The molecule has 0 aromatic heterocycles. The molecule has 0 aliphatic carbocycles. The van der Waals surface area contributed by atoms with Gasteiger partial charge in [0.15, 0.2) is 0 Å². The molecule has 0 aliphatic heterocycles. The molecule has 0 bridgehead atoms. The molecule has 2 N–H and O–H groups in total. The fourth-order valence-corrected chi connectivity index (χ4v) is 4.55. The third-order valence-electron chi connectivity index (χ3n) is 6.50. The van der Waals surface area contributed by atoms with Crippen LogP contribution in [-0.4, -0.2) is 26.0 Å². The fourth-order valence-electron chi connectivity index (χ4n) is 4.55. The maximum atomic E-state index is 13.2. The van der Waals surface area contributed by atoms with Gasteiger partial charge >= 0.3 is 0 Å². The van der Waals surface area contributed by atoms with E-state index in [1.807, 2.05) is 91.0 Å². The van der Waals surface area contributed by atoms with Crippen LogP contribution in [0.15, 0.2) is 121 Å². The number of amides is 2. The first-order valence-corrected chi connectivity index (χ1v) is 12.8. The molecule has 0 saturated carbocycles. The molecule has 5 aromatic rings. The average molecular weight is 529 g/mol. The molecule has 6 nitrogen and oxygen atoms in total. The van der Waals surface area contributed by atoms with Crippen LogP contribution in [0.4, 0.5) is 11.4 Å². The molecule has 0 saturated heterocycles. The van der Waals surface area contributed by atoms with E-state index in [0.29, 0.717) is 34.0 Å². The van der Waals surface area contributed by atoms with Crippen molar-refractivity contribution in [3.63, 3.8) is 0 Å². The van der Waals surface area contributed by atoms with Gasteiger partial charge in [-0.2, -0.15) is 0 Å². The van der Waals surface area contributed by atoms with Gasteiger partial charge in [-0.15, -0.1) is 0 Å². The van der Waals surface area contributed by atoms with Crippen LogP contribution >= 0.6 is 0 Å². The number of benzene rings is 5. The third kappa shape index (κ3) is 5.71. The van der Waals surface area contributed by atoms with E-state index in [2.05, 4.69) is 10.6 Å². The third-order valence-corrected chi connectivity index (χ3v) is 6.50. The van der Waals surface area contributed by atoms with E-state index in [-0.39, 0.29) is 11.8 Å². The first-order chi connectivity index (χ1) is 19.6. The Hall–Kier alpha value is -5.36. The van der Waals surface area contributed by atoms with Crippen LogP contribution in [0, 0.1) is 0 Å². The maximum Gasteiger partial charge on any atom is 0.259 e. The molecule has 0 fully saturated rings. The zero-order valence-electron chi connectivity index (χ0n) is 22.2. The Morgan fingerprint density at radius 3 is 2.02 bits per heavy atom. The molecular weight excluding hydrogens is 500 g/mol. The summed E-state index contributed by atoms with van der Waals surface area (Å²) in [5.41, 5.74) is 5.92. The Balaban J connectivity index is 1.51. The molecule has 198 valence electrons. The Bertz CT molecular complexity index is 1650. The number of ether oxygens (including phenoxy) is 2. The molecule has 6 heteroatoms. The number of rotatable bonds is 8. The van der Waals surface area contributed by atoms with E-state index in [0.717, 1.165) is 22.3 Å². The summed E-state index contributed by atoms with van der Waals surface area (Å²) in [6.45, 7) is 0.